The number of fused-ring (bicyclic) bond motifs is 1. The molecule has 2 fully saturated rings. The molecule has 4 rings (SSSR count). The van der Waals surface area contributed by atoms with E-state index in [0.717, 1.165) is 18.5 Å². The minimum atomic E-state index is -0.285. The second kappa shape index (κ2) is 7.17. The maximum Gasteiger partial charge on any atom is 0.409 e. The molecular weight excluding hydrogens is 348 g/mol. The van der Waals surface area contributed by atoms with Gasteiger partial charge in [0.2, 0.25) is 0 Å². The van der Waals surface area contributed by atoms with Crippen molar-refractivity contribution in [2.24, 2.45) is 0 Å². The van der Waals surface area contributed by atoms with E-state index in [1.807, 2.05) is 13.0 Å². The maximum atomic E-state index is 13.0. The third-order valence-electron chi connectivity index (χ3n) is 5.23. The molecule has 3 heterocycles. The molecule has 2 aliphatic rings. The molecule has 1 N–H and O–H groups in total. The number of aromatic nitrogens is 2. The lowest BCUT2D eigenvalue weighted by molar-refractivity contribution is 0.0861. The quantitative estimate of drug-likeness (QED) is 0.886. The van der Waals surface area contributed by atoms with Gasteiger partial charge in [0.15, 0.2) is 0 Å². The molecule has 0 unspecified atom stereocenters. The van der Waals surface area contributed by atoms with E-state index in [-0.39, 0.29) is 18.0 Å². The van der Waals surface area contributed by atoms with Gasteiger partial charge in [0.1, 0.15) is 0 Å². The van der Waals surface area contributed by atoms with E-state index in [1.165, 1.54) is 0 Å². The number of likely N-dealkylation sites (tertiary alicyclic amines) is 1. The van der Waals surface area contributed by atoms with E-state index in [9.17, 15) is 9.59 Å². The Bertz CT molecular complexity index is 866. The SMILES string of the molecule is CCOC(=O)N1CCC(NC(=O)c2cc(C3CC3)nc3onc(C)c23)CC1. The lowest BCUT2D eigenvalue weighted by Gasteiger charge is -2.31. The minimum absolute atomic E-state index is 0.0240. The van der Waals surface area contributed by atoms with Gasteiger partial charge in [-0.05, 0) is 45.6 Å². The van der Waals surface area contributed by atoms with E-state index in [4.69, 9.17) is 9.26 Å². The van der Waals surface area contributed by atoms with Gasteiger partial charge in [0.05, 0.1) is 23.3 Å². The van der Waals surface area contributed by atoms with Crippen LogP contribution in [0.4, 0.5) is 4.79 Å². The van der Waals surface area contributed by atoms with Crippen LogP contribution in [0, 0.1) is 6.92 Å². The Labute approximate surface area is 157 Å². The third-order valence-corrected chi connectivity index (χ3v) is 5.23. The maximum absolute atomic E-state index is 13.0. The van der Waals surface area contributed by atoms with Crippen LogP contribution < -0.4 is 5.32 Å². The van der Waals surface area contributed by atoms with Gasteiger partial charge in [-0.3, -0.25) is 4.79 Å². The second-order valence-electron chi connectivity index (χ2n) is 7.25. The highest BCUT2D eigenvalue weighted by molar-refractivity contribution is 6.06. The van der Waals surface area contributed by atoms with Crippen LogP contribution in [-0.4, -0.2) is 52.8 Å². The monoisotopic (exact) mass is 372 g/mol. The van der Waals surface area contributed by atoms with Gasteiger partial charge in [0, 0.05) is 30.7 Å². The molecule has 1 aliphatic heterocycles. The first-order valence-electron chi connectivity index (χ1n) is 9.56. The summed E-state index contributed by atoms with van der Waals surface area (Å²) >= 11 is 0. The number of piperidine rings is 1. The molecule has 2 amide bonds. The molecule has 27 heavy (non-hydrogen) atoms. The number of pyridine rings is 1. The molecular formula is C19H24N4O4. The molecule has 0 radical (unpaired) electrons. The summed E-state index contributed by atoms with van der Waals surface area (Å²) in [7, 11) is 0. The number of carbonyl (C=O) groups excluding carboxylic acids is 2. The Morgan fingerprint density at radius 3 is 2.70 bits per heavy atom. The smallest absolute Gasteiger partial charge is 0.409 e. The lowest BCUT2D eigenvalue weighted by Crippen LogP contribution is -2.46. The predicted octanol–water partition coefficient (Wildman–Crippen LogP) is 2.76. The van der Waals surface area contributed by atoms with E-state index >= 15 is 0 Å². The van der Waals surface area contributed by atoms with Crippen molar-refractivity contribution in [1.29, 1.82) is 0 Å². The van der Waals surface area contributed by atoms with E-state index in [1.54, 1.807) is 11.8 Å². The van der Waals surface area contributed by atoms with Gasteiger partial charge in [-0.25, -0.2) is 9.78 Å². The van der Waals surface area contributed by atoms with Crippen LogP contribution in [0.15, 0.2) is 10.6 Å². The summed E-state index contributed by atoms with van der Waals surface area (Å²) < 4.78 is 10.3. The molecule has 1 saturated carbocycles. The first-order valence-corrected chi connectivity index (χ1v) is 9.56. The molecule has 8 heteroatoms. The summed E-state index contributed by atoms with van der Waals surface area (Å²) in [6, 6.07) is 1.91. The highest BCUT2D eigenvalue weighted by Gasteiger charge is 2.30. The minimum Gasteiger partial charge on any atom is -0.450 e. The number of ether oxygens (including phenoxy) is 1. The molecule has 0 atom stereocenters. The lowest BCUT2D eigenvalue weighted by atomic mass is 10.0. The number of hydrogen-bond donors (Lipinski definition) is 1. The number of nitrogens with zero attached hydrogens (tertiary/aromatic N) is 3. The largest absolute Gasteiger partial charge is 0.450 e. The third kappa shape index (κ3) is 3.61. The molecule has 0 aromatic carbocycles. The zero-order valence-corrected chi connectivity index (χ0v) is 15.7. The van der Waals surface area contributed by atoms with Crippen molar-refractivity contribution < 1.29 is 18.8 Å². The highest BCUT2D eigenvalue weighted by Crippen LogP contribution is 2.40. The normalized spacial score (nSPS) is 17.9. The standard InChI is InChI=1S/C19H24N4O4/c1-3-26-19(25)23-8-6-13(7-9-23)20-17(24)14-10-15(12-4-5-12)21-18-16(14)11(2)22-27-18/h10,12-13H,3-9H2,1-2H3,(H,20,24). The Morgan fingerprint density at radius 2 is 2.04 bits per heavy atom. The van der Waals surface area contributed by atoms with Crippen LogP contribution in [0.25, 0.3) is 11.1 Å². The first-order chi connectivity index (χ1) is 13.1. The average molecular weight is 372 g/mol. The molecule has 144 valence electrons. The summed E-state index contributed by atoms with van der Waals surface area (Å²) in [4.78, 5) is 31.0. The fourth-order valence-electron chi connectivity index (χ4n) is 3.57. The van der Waals surface area contributed by atoms with E-state index in [2.05, 4.69) is 15.5 Å². The first kappa shape index (κ1) is 17.8. The van der Waals surface area contributed by atoms with E-state index < -0.39 is 0 Å². The molecule has 1 saturated heterocycles. The Hall–Kier alpha value is -2.64. The summed E-state index contributed by atoms with van der Waals surface area (Å²) in [5, 5.41) is 7.77. The fourth-order valence-corrected chi connectivity index (χ4v) is 3.57. The van der Waals surface area contributed by atoms with Crippen LogP contribution in [0.5, 0.6) is 0 Å². The number of rotatable bonds is 4. The Kier molecular flexibility index (Phi) is 4.72. The number of aryl methyl sites for hydroxylation is 1. The van der Waals surface area contributed by atoms with Crippen molar-refractivity contribution in [2.45, 2.75) is 51.5 Å². The van der Waals surface area contributed by atoms with Crippen LogP contribution in [0.2, 0.25) is 0 Å². The zero-order chi connectivity index (χ0) is 19.0. The molecule has 0 bridgehead atoms. The Morgan fingerprint density at radius 1 is 1.30 bits per heavy atom. The zero-order valence-electron chi connectivity index (χ0n) is 15.7. The average Bonchev–Trinajstić information content (AvgIpc) is 3.45. The van der Waals surface area contributed by atoms with Crippen LogP contribution in [-0.2, 0) is 4.74 Å². The van der Waals surface area contributed by atoms with Crippen molar-refractivity contribution in [3.63, 3.8) is 0 Å². The second-order valence-corrected chi connectivity index (χ2v) is 7.25. The highest BCUT2D eigenvalue weighted by atomic mass is 16.6. The van der Waals surface area contributed by atoms with Crippen molar-refractivity contribution >= 4 is 23.1 Å². The Balaban J connectivity index is 1.47. The topological polar surface area (TPSA) is 97.6 Å². The molecule has 8 nitrogen and oxygen atoms in total. The van der Waals surface area contributed by atoms with Gasteiger partial charge in [-0.1, -0.05) is 5.16 Å². The summed E-state index contributed by atoms with van der Waals surface area (Å²) in [6.07, 6.45) is 3.32. The van der Waals surface area contributed by atoms with Crippen LogP contribution in [0.3, 0.4) is 0 Å². The fraction of sp³-hybridized carbons (Fsp3) is 0.579. The molecule has 0 spiro atoms. The van der Waals surface area contributed by atoms with Crippen molar-refractivity contribution in [1.82, 2.24) is 20.4 Å². The number of hydrogen-bond acceptors (Lipinski definition) is 6. The van der Waals surface area contributed by atoms with Crippen LogP contribution >= 0.6 is 0 Å². The van der Waals surface area contributed by atoms with Gasteiger partial charge in [-0.15, -0.1) is 0 Å². The van der Waals surface area contributed by atoms with Crippen molar-refractivity contribution in [3.8, 4) is 0 Å². The van der Waals surface area contributed by atoms with Gasteiger partial charge < -0.3 is 19.5 Å². The number of carbonyl (C=O) groups is 2. The van der Waals surface area contributed by atoms with E-state index in [0.29, 0.717) is 60.8 Å². The van der Waals surface area contributed by atoms with Gasteiger partial charge in [-0.2, -0.15) is 0 Å². The predicted molar refractivity (Wildman–Crippen MR) is 97.6 cm³/mol. The van der Waals surface area contributed by atoms with Crippen LogP contribution in [0.1, 0.15) is 60.3 Å². The van der Waals surface area contributed by atoms with Crippen molar-refractivity contribution in [2.75, 3.05) is 19.7 Å². The van der Waals surface area contributed by atoms with Gasteiger partial charge >= 0.3 is 6.09 Å². The molecule has 2 aromatic rings. The van der Waals surface area contributed by atoms with Gasteiger partial charge in [0.25, 0.3) is 11.6 Å². The van der Waals surface area contributed by atoms with Crippen molar-refractivity contribution in [3.05, 3.63) is 23.0 Å². The number of nitrogens with one attached hydrogen (secondary N) is 1. The number of amides is 2. The summed E-state index contributed by atoms with van der Waals surface area (Å²) in [6.45, 7) is 5.14. The summed E-state index contributed by atoms with van der Waals surface area (Å²) in [5.74, 6) is 0.282. The summed E-state index contributed by atoms with van der Waals surface area (Å²) in [5.41, 5.74) is 2.58. The molecule has 2 aromatic heterocycles. The molecule has 1 aliphatic carbocycles.